The van der Waals surface area contributed by atoms with Crippen molar-refractivity contribution >= 4 is 10.1 Å². The summed E-state index contributed by atoms with van der Waals surface area (Å²) in [5.74, 6) is 0. The minimum atomic E-state index is -4.39. The molecule has 0 spiro atoms. The molecule has 1 aromatic heterocycles. The van der Waals surface area contributed by atoms with Gasteiger partial charge in [-0.3, -0.25) is 4.55 Å². The van der Waals surface area contributed by atoms with E-state index in [1.54, 1.807) is 0 Å². The number of rotatable bonds is 2. The molecule has 6 heteroatoms. The summed E-state index contributed by atoms with van der Waals surface area (Å²) in [6, 6.07) is 2.89. The lowest BCUT2D eigenvalue weighted by molar-refractivity contribution is 0.0745. The van der Waals surface area contributed by atoms with Crippen LogP contribution in [0, 0.1) is 0 Å². The van der Waals surface area contributed by atoms with E-state index >= 15 is 0 Å². The Morgan fingerprint density at radius 3 is 2.36 bits per heavy atom. The second-order valence-corrected chi connectivity index (χ2v) is 4.73. The summed E-state index contributed by atoms with van der Waals surface area (Å²) in [4.78, 5) is 3.52. The zero-order chi connectivity index (χ0) is 11.0. The molecule has 1 aromatic rings. The number of pyridine rings is 1. The first-order valence-electron chi connectivity index (χ1n) is 3.88. The molecular formula is C8H11NO4S. The number of aliphatic hydroxyl groups is 1. The molecule has 0 fully saturated rings. The normalized spacial score (nSPS) is 12.9. The van der Waals surface area contributed by atoms with Crippen molar-refractivity contribution in [3.8, 4) is 0 Å². The van der Waals surface area contributed by atoms with Gasteiger partial charge < -0.3 is 5.11 Å². The van der Waals surface area contributed by atoms with E-state index in [2.05, 4.69) is 4.98 Å². The average Bonchev–Trinajstić information content (AvgIpc) is 2.01. The molecule has 78 valence electrons. The van der Waals surface area contributed by atoms with Gasteiger partial charge in [0, 0.05) is 11.8 Å². The second kappa shape index (κ2) is 3.30. The molecule has 14 heavy (non-hydrogen) atoms. The van der Waals surface area contributed by atoms with Crippen LogP contribution in [0.2, 0.25) is 0 Å². The van der Waals surface area contributed by atoms with Gasteiger partial charge in [0.15, 0.2) is 5.03 Å². The van der Waals surface area contributed by atoms with Crippen molar-refractivity contribution in [3.05, 3.63) is 23.9 Å². The van der Waals surface area contributed by atoms with Gasteiger partial charge in [-0.05, 0) is 19.9 Å². The number of hydrogen-bond acceptors (Lipinski definition) is 4. The van der Waals surface area contributed by atoms with Crippen molar-refractivity contribution in [2.75, 3.05) is 0 Å². The minimum absolute atomic E-state index is 0.0718. The highest BCUT2D eigenvalue weighted by Gasteiger charge is 2.26. The summed E-state index contributed by atoms with van der Waals surface area (Å²) in [5.41, 5.74) is -1.29. The Balaban J connectivity index is 3.47. The Kier molecular flexibility index (Phi) is 2.62. The zero-order valence-corrected chi connectivity index (χ0v) is 8.61. The quantitative estimate of drug-likeness (QED) is 0.706. The maximum absolute atomic E-state index is 10.9. The topological polar surface area (TPSA) is 87.5 Å². The Bertz CT molecular complexity index is 433. The summed E-state index contributed by atoms with van der Waals surface area (Å²) in [6.45, 7) is 2.83. The van der Waals surface area contributed by atoms with Gasteiger partial charge in [0.05, 0.1) is 5.60 Å². The molecule has 2 N–H and O–H groups in total. The fourth-order valence-electron chi connectivity index (χ4n) is 1.06. The van der Waals surface area contributed by atoms with Crippen LogP contribution in [-0.4, -0.2) is 23.1 Å². The number of nitrogens with zero attached hydrogens (tertiary/aromatic N) is 1. The molecule has 0 aliphatic heterocycles. The van der Waals surface area contributed by atoms with Gasteiger partial charge >= 0.3 is 10.1 Å². The van der Waals surface area contributed by atoms with Crippen LogP contribution in [-0.2, 0) is 15.7 Å². The van der Waals surface area contributed by atoms with E-state index in [1.165, 1.54) is 32.2 Å². The molecule has 0 saturated heterocycles. The van der Waals surface area contributed by atoms with Crippen LogP contribution in [0.25, 0.3) is 0 Å². The van der Waals surface area contributed by atoms with Gasteiger partial charge in [-0.1, -0.05) is 6.07 Å². The van der Waals surface area contributed by atoms with Gasteiger partial charge in [0.2, 0.25) is 0 Å². The van der Waals surface area contributed by atoms with Gasteiger partial charge in [0.25, 0.3) is 0 Å². The first-order chi connectivity index (χ1) is 6.23. The monoisotopic (exact) mass is 217 g/mol. The van der Waals surface area contributed by atoms with Gasteiger partial charge in [0.1, 0.15) is 0 Å². The Labute approximate surface area is 82.2 Å². The largest absolute Gasteiger partial charge is 0.386 e. The fourth-order valence-corrected chi connectivity index (χ4v) is 1.85. The molecule has 0 saturated carbocycles. The molecular weight excluding hydrogens is 206 g/mol. The molecule has 0 aromatic carbocycles. The molecule has 5 nitrogen and oxygen atoms in total. The summed E-state index contributed by atoms with van der Waals surface area (Å²) < 4.78 is 30.6. The van der Waals surface area contributed by atoms with E-state index in [4.69, 9.17) is 4.55 Å². The highest BCUT2D eigenvalue weighted by molar-refractivity contribution is 7.85. The molecule has 0 aliphatic carbocycles. The van der Waals surface area contributed by atoms with Crippen LogP contribution in [0.3, 0.4) is 0 Å². The first-order valence-corrected chi connectivity index (χ1v) is 5.32. The molecule has 0 unspecified atom stereocenters. The molecule has 1 rings (SSSR count). The molecule has 0 atom stereocenters. The van der Waals surface area contributed by atoms with Gasteiger partial charge in [-0.2, -0.15) is 8.42 Å². The van der Waals surface area contributed by atoms with Crippen molar-refractivity contribution in [3.63, 3.8) is 0 Å². The van der Waals surface area contributed by atoms with Crippen molar-refractivity contribution in [2.45, 2.75) is 24.5 Å². The highest BCUT2D eigenvalue weighted by atomic mass is 32.2. The molecule has 0 radical (unpaired) electrons. The predicted molar refractivity (Wildman–Crippen MR) is 49.3 cm³/mol. The van der Waals surface area contributed by atoms with Crippen LogP contribution in [0.1, 0.15) is 19.4 Å². The van der Waals surface area contributed by atoms with E-state index in [-0.39, 0.29) is 5.56 Å². The van der Waals surface area contributed by atoms with Crippen molar-refractivity contribution in [1.29, 1.82) is 0 Å². The third kappa shape index (κ3) is 2.28. The predicted octanol–water partition coefficient (Wildman–Crippen LogP) is 0.556. The Morgan fingerprint density at radius 1 is 1.43 bits per heavy atom. The maximum atomic E-state index is 10.9. The Hall–Kier alpha value is -0.980. The molecule has 1 heterocycles. The van der Waals surface area contributed by atoms with E-state index in [9.17, 15) is 13.5 Å². The van der Waals surface area contributed by atoms with Crippen LogP contribution >= 0.6 is 0 Å². The fraction of sp³-hybridized carbons (Fsp3) is 0.375. The number of hydrogen-bond donors (Lipinski definition) is 2. The summed E-state index contributed by atoms with van der Waals surface area (Å²) in [6.07, 6.45) is 1.23. The molecule has 0 bridgehead atoms. The van der Waals surface area contributed by atoms with Crippen LogP contribution in [0.4, 0.5) is 0 Å². The lowest BCUT2D eigenvalue weighted by Crippen LogP contribution is -2.20. The second-order valence-electron chi connectivity index (χ2n) is 3.39. The van der Waals surface area contributed by atoms with Crippen LogP contribution < -0.4 is 0 Å². The lowest BCUT2D eigenvalue weighted by atomic mass is 10.0. The zero-order valence-electron chi connectivity index (χ0n) is 7.80. The lowest BCUT2D eigenvalue weighted by Gasteiger charge is -2.18. The summed E-state index contributed by atoms with van der Waals surface area (Å²) in [7, 11) is -4.39. The Morgan fingerprint density at radius 2 is 2.00 bits per heavy atom. The molecule has 0 amide bonds. The van der Waals surface area contributed by atoms with Crippen LogP contribution in [0.5, 0.6) is 0 Å². The van der Waals surface area contributed by atoms with Gasteiger partial charge in [-0.25, -0.2) is 4.98 Å². The third-order valence-electron chi connectivity index (χ3n) is 1.67. The van der Waals surface area contributed by atoms with Crippen molar-refractivity contribution < 1.29 is 18.1 Å². The van der Waals surface area contributed by atoms with Crippen molar-refractivity contribution in [2.24, 2.45) is 0 Å². The third-order valence-corrected chi connectivity index (χ3v) is 2.49. The SMILES string of the molecule is CC(C)(O)c1cccnc1S(=O)(=O)O. The van der Waals surface area contributed by atoms with Crippen LogP contribution in [0.15, 0.2) is 23.4 Å². The standard InChI is InChI=1S/C8H11NO4S/c1-8(2,10)6-4-3-5-9-7(6)14(11,12)13/h3-5,10H,1-2H3,(H,11,12,13). The summed E-state index contributed by atoms with van der Waals surface area (Å²) >= 11 is 0. The van der Waals surface area contributed by atoms with E-state index in [0.29, 0.717) is 0 Å². The maximum Gasteiger partial charge on any atom is 0.312 e. The average molecular weight is 217 g/mol. The van der Waals surface area contributed by atoms with E-state index in [0.717, 1.165) is 0 Å². The number of aromatic nitrogens is 1. The first kappa shape index (κ1) is 11.1. The highest BCUT2D eigenvalue weighted by Crippen LogP contribution is 2.24. The van der Waals surface area contributed by atoms with E-state index < -0.39 is 20.7 Å². The minimum Gasteiger partial charge on any atom is -0.386 e. The molecule has 0 aliphatic rings. The smallest absolute Gasteiger partial charge is 0.312 e. The van der Waals surface area contributed by atoms with Crippen molar-refractivity contribution in [1.82, 2.24) is 4.98 Å². The summed E-state index contributed by atoms with van der Waals surface area (Å²) in [5, 5.41) is 9.11. The van der Waals surface area contributed by atoms with Gasteiger partial charge in [-0.15, -0.1) is 0 Å². The van der Waals surface area contributed by atoms with E-state index in [1.807, 2.05) is 0 Å².